The summed E-state index contributed by atoms with van der Waals surface area (Å²) < 4.78 is 5.37. The smallest absolute Gasteiger partial charge is 0.261 e. The lowest BCUT2D eigenvalue weighted by molar-refractivity contribution is -0.117. The van der Waals surface area contributed by atoms with Gasteiger partial charge in [0.25, 0.3) is 5.91 Å². The van der Waals surface area contributed by atoms with Crippen LogP contribution in [0.15, 0.2) is 60.2 Å². The van der Waals surface area contributed by atoms with Gasteiger partial charge in [-0.3, -0.25) is 4.79 Å². The summed E-state index contributed by atoms with van der Waals surface area (Å²) in [7, 11) is 0. The highest BCUT2D eigenvalue weighted by atomic mass is 16.5. The van der Waals surface area contributed by atoms with Crippen molar-refractivity contribution in [2.24, 2.45) is 0 Å². The summed E-state index contributed by atoms with van der Waals surface area (Å²) in [5, 5.41) is 12.2. The van der Waals surface area contributed by atoms with Crippen LogP contribution in [-0.2, 0) is 16.0 Å². The predicted octanol–water partition coefficient (Wildman–Crippen LogP) is 3.18. The molecule has 0 unspecified atom stereocenters. The van der Waals surface area contributed by atoms with E-state index in [0.717, 1.165) is 50.4 Å². The molecule has 0 aromatic heterocycles. The fourth-order valence-corrected chi connectivity index (χ4v) is 3.15. The third-order valence-electron chi connectivity index (χ3n) is 4.72. The SMILES string of the molecule is N#C/C(=C/c1ccc(N2CCOCC2)cc1)C(=O)NCCCc1ccccc1. The lowest BCUT2D eigenvalue weighted by atomic mass is 10.1. The number of nitrogens with zero attached hydrogens (tertiary/aromatic N) is 2. The Bertz CT molecular complexity index is 832. The molecule has 1 fully saturated rings. The Kier molecular flexibility index (Phi) is 7.22. The molecule has 0 saturated carbocycles. The van der Waals surface area contributed by atoms with E-state index in [1.54, 1.807) is 6.08 Å². The minimum Gasteiger partial charge on any atom is -0.378 e. The topological polar surface area (TPSA) is 65.4 Å². The van der Waals surface area contributed by atoms with Crippen molar-refractivity contribution in [1.29, 1.82) is 5.26 Å². The molecule has 1 N–H and O–H groups in total. The van der Waals surface area contributed by atoms with Gasteiger partial charge in [-0.1, -0.05) is 42.5 Å². The van der Waals surface area contributed by atoms with E-state index in [2.05, 4.69) is 22.3 Å². The van der Waals surface area contributed by atoms with Crippen LogP contribution in [0.25, 0.3) is 6.08 Å². The third-order valence-corrected chi connectivity index (χ3v) is 4.72. The van der Waals surface area contributed by atoms with E-state index in [1.165, 1.54) is 5.56 Å². The van der Waals surface area contributed by atoms with Crippen molar-refractivity contribution in [3.63, 3.8) is 0 Å². The van der Waals surface area contributed by atoms with Crippen LogP contribution in [0, 0.1) is 11.3 Å². The largest absolute Gasteiger partial charge is 0.378 e. The molecular weight excluding hydrogens is 350 g/mol. The van der Waals surface area contributed by atoms with E-state index in [4.69, 9.17) is 4.74 Å². The zero-order valence-electron chi connectivity index (χ0n) is 15.9. The van der Waals surface area contributed by atoms with Crippen LogP contribution in [0.3, 0.4) is 0 Å². The van der Waals surface area contributed by atoms with E-state index in [9.17, 15) is 10.1 Å². The lowest BCUT2D eigenvalue weighted by Crippen LogP contribution is -2.36. The molecule has 2 aromatic carbocycles. The number of nitriles is 1. The molecule has 1 aliphatic heterocycles. The van der Waals surface area contributed by atoms with Crippen molar-refractivity contribution in [3.05, 3.63) is 71.3 Å². The molecule has 0 bridgehead atoms. The average Bonchev–Trinajstić information content (AvgIpc) is 2.76. The number of anilines is 1. The molecule has 1 heterocycles. The monoisotopic (exact) mass is 375 g/mol. The van der Waals surface area contributed by atoms with Crippen molar-refractivity contribution in [2.75, 3.05) is 37.7 Å². The highest BCUT2D eigenvalue weighted by Gasteiger charge is 2.11. The first kappa shape index (κ1) is 19.7. The van der Waals surface area contributed by atoms with Gasteiger partial charge in [0.1, 0.15) is 11.6 Å². The number of aryl methyl sites for hydroxylation is 1. The first-order valence-electron chi connectivity index (χ1n) is 9.63. The molecule has 0 radical (unpaired) electrons. The summed E-state index contributed by atoms with van der Waals surface area (Å²) >= 11 is 0. The molecule has 2 aromatic rings. The number of morpholine rings is 1. The maximum Gasteiger partial charge on any atom is 0.261 e. The molecular formula is C23H25N3O2. The minimum atomic E-state index is -0.326. The standard InChI is InChI=1S/C23H25N3O2/c24-18-21(23(27)25-12-4-7-19-5-2-1-3-6-19)17-20-8-10-22(11-9-20)26-13-15-28-16-14-26/h1-3,5-6,8-11,17H,4,7,12-16H2,(H,25,27)/b21-17-. The van der Waals surface area contributed by atoms with Crippen LogP contribution < -0.4 is 10.2 Å². The molecule has 1 amide bonds. The molecule has 1 aliphatic rings. The van der Waals surface area contributed by atoms with Crippen molar-refractivity contribution >= 4 is 17.7 Å². The summed E-state index contributed by atoms with van der Waals surface area (Å²) in [6, 6.07) is 20.1. The number of hydrogen-bond donors (Lipinski definition) is 1. The van der Waals surface area contributed by atoms with Gasteiger partial charge >= 0.3 is 0 Å². The second kappa shape index (κ2) is 10.3. The summed E-state index contributed by atoms with van der Waals surface area (Å²) in [5.41, 5.74) is 3.34. The van der Waals surface area contributed by atoms with E-state index in [-0.39, 0.29) is 11.5 Å². The van der Waals surface area contributed by atoms with E-state index < -0.39 is 0 Å². The van der Waals surface area contributed by atoms with Crippen molar-refractivity contribution in [3.8, 4) is 6.07 Å². The molecule has 0 aliphatic carbocycles. The number of benzene rings is 2. The first-order valence-corrected chi connectivity index (χ1v) is 9.63. The number of ether oxygens (including phenoxy) is 1. The molecule has 5 heteroatoms. The van der Waals surface area contributed by atoms with Crippen LogP contribution >= 0.6 is 0 Å². The molecule has 5 nitrogen and oxygen atoms in total. The van der Waals surface area contributed by atoms with Gasteiger partial charge in [0.15, 0.2) is 0 Å². The normalized spacial score (nSPS) is 14.4. The predicted molar refractivity (Wildman–Crippen MR) is 111 cm³/mol. The molecule has 28 heavy (non-hydrogen) atoms. The van der Waals surface area contributed by atoms with Crippen LogP contribution in [0.5, 0.6) is 0 Å². The maximum absolute atomic E-state index is 12.3. The van der Waals surface area contributed by atoms with Gasteiger partial charge in [0, 0.05) is 25.3 Å². The molecule has 144 valence electrons. The number of amides is 1. The third kappa shape index (κ3) is 5.70. The lowest BCUT2D eigenvalue weighted by Gasteiger charge is -2.28. The zero-order valence-corrected chi connectivity index (χ0v) is 15.9. The van der Waals surface area contributed by atoms with Crippen molar-refractivity contribution < 1.29 is 9.53 Å². The number of hydrogen-bond acceptors (Lipinski definition) is 4. The van der Waals surface area contributed by atoms with E-state index in [0.29, 0.717) is 6.54 Å². The zero-order chi connectivity index (χ0) is 19.6. The summed E-state index contributed by atoms with van der Waals surface area (Å²) in [6.07, 6.45) is 3.37. The van der Waals surface area contributed by atoms with Gasteiger partial charge in [-0.05, 0) is 42.2 Å². The molecule has 1 saturated heterocycles. The Balaban J connectivity index is 1.52. The van der Waals surface area contributed by atoms with Gasteiger partial charge < -0.3 is 15.0 Å². The van der Waals surface area contributed by atoms with Crippen LogP contribution in [0.1, 0.15) is 17.5 Å². The Morgan fingerprint density at radius 3 is 2.50 bits per heavy atom. The van der Waals surface area contributed by atoms with Crippen molar-refractivity contribution in [2.45, 2.75) is 12.8 Å². The summed E-state index contributed by atoms with van der Waals surface area (Å²) in [6.45, 7) is 3.78. The molecule has 0 spiro atoms. The Morgan fingerprint density at radius 1 is 1.11 bits per heavy atom. The Morgan fingerprint density at radius 2 is 1.82 bits per heavy atom. The maximum atomic E-state index is 12.3. The average molecular weight is 375 g/mol. The minimum absolute atomic E-state index is 0.124. The highest BCUT2D eigenvalue weighted by molar-refractivity contribution is 6.01. The van der Waals surface area contributed by atoms with Gasteiger partial charge in [0.05, 0.1) is 13.2 Å². The first-order chi connectivity index (χ1) is 13.8. The second-order valence-electron chi connectivity index (χ2n) is 6.71. The van der Waals surface area contributed by atoms with Crippen LogP contribution in [0.2, 0.25) is 0 Å². The van der Waals surface area contributed by atoms with Crippen LogP contribution in [0.4, 0.5) is 5.69 Å². The van der Waals surface area contributed by atoms with Crippen LogP contribution in [-0.4, -0.2) is 38.8 Å². The molecule has 0 atom stereocenters. The summed E-state index contributed by atoms with van der Waals surface area (Å²) in [4.78, 5) is 14.5. The summed E-state index contributed by atoms with van der Waals surface area (Å²) in [5.74, 6) is -0.326. The van der Waals surface area contributed by atoms with Gasteiger partial charge in [-0.15, -0.1) is 0 Å². The van der Waals surface area contributed by atoms with Gasteiger partial charge in [-0.25, -0.2) is 0 Å². The van der Waals surface area contributed by atoms with Crippen molar-refractivity contribution in [1.82, 2.24) is 5.32 Å². The van der Waals surface area contributed by atoms with E-state index >= 15 is 0 Å². The Labute approximate surface area is 166 Å². The Hall–Kier alpha value is -3.10. The van der Waals surface area contributed by atoms with Gasteiger partial charge in [0.2, 0.25) is 0 Å². The number of carbonyl (C=O) groups excluding carboxylic acids is 1. The fraction of sp³-hybridized carbons (Fsp3) is 0.304. The molecule has 3 rings (SSSR count). The number of rotatable bonds is 7. The second-order valence-corrected chi connectivity index (χ2v) is 6.71. The highest BCUT2D eigenvalue weighted by Crippen LogP contribution is 2.18. The number of nitrogens with one attached hydrogen (secondary N) is 1. The number of carbonyl (C=O) groups is 1. The van der Waals surface area contributed by atoms with E-state index in [1.807, 2.05) is 48.5 Å². The quantitative estimate of drug-likeness (QED) is 0.459. The van der Waals surface area contributed by atoms with Gasteiger partial charge in [-0.2, -0.15) is 5.26 Å². The fourth-order valence-electron chi connectivity index (χ4n) is 3.15.